The van der Waals surface area contributed by atoms with Crippen molar-refractivity contribution in [2.24, 2.45) is 51.4 Å². The number of nitrogens with zero attached hydrogens (tertiary/aromatic N) is 13. The van der Waals surface area contributed by atoms with Gasteiger partial charge >= 0.3 is 6.03 Å². The zero-order chi connectivity index (χ0) is 87.3. The first-order chi connectivity index (χ1) is 57.7. The second kappa shape index (κ2) is 41.7. The van der Waals surface area contributed by atoms with E-state index in [1.165, 1.54) is 49.9 Å². The van der Waals surface area contributed by atoms with Gasteiger partial charge in [-0.05, 0) is 168 Å². The number of carbonyl (C=O) groups is 4. The van der Waals surface area contributed by atoms with Crippen molar-refractivity contribution < 1.29 is 67.5 Å². The number of benzene rings is 6. The molecule has 0 aliphatic carbocycles. The molecule has 12 heterocycles. The molecular weight excluding hydrogens is 1580 g/mol. The molecule has 1 fully saturated rings. The Kier molecular flexibility index (Phi) is 31.5. The number of allylic oxidation sites excluding steroid dienone is 2. The average molecular weight is 1690 g/mol. The molecule has 121 heavy (non-hydrogen) atoms. The van der Waals surface area contributed by atoms with Crippen LogP contribution in [0.25, 0.3) is 0 Å². The number of rotatable bonds is 10. The van der Waals surface area contributed by atoms with E-state index in [-0.39, 0.29) is 59.4 Å². The highest BCUT2D eigenvalue weighted by molar-refractivity contribution is 6.36. The van der Waals surface area contributed by atoms with E-state index in [9.17, 15) is 19.2 Å². The first-order valence-corrected chi connectivity index (χ1v) is 40.7. The highest BCUT2D eigenvalue weighted by atomic mass is 35.5. The Morgan fingerprint density at radius 1 is 0.380 bits per heavy atom. The van der Waals surface area contributed by atoms with Gasteiger partial charge in [-0.25, -0.2) is 9.69 Å². The van der Waals surface area contributed by atoms with E-state index in [4.69, 9.17) is 71.5 Å². The maximum atomic E-state index is 11.4. The van der Waals surface area contributed by atoms with E-state index in [2.05, 4.69) is 167 Å². The standard InChI is InChI=1S/C12H15NO2.C12H15NO.3C11H13NO.C10H9Cl2NO.C9H12N2O2.C9H10N2O2.C7H7N3O3/c1-8-5-4-6-10(14-3)12(8)11-7-9(2)13-15-11;1-8-5-4-6-9(2)12(8)11-7-10(3)13-14-11;3*1-9-8-11(2,13-12-9)10-6-4-3-5-7-10;1-6-5-9(14-13-6)10-7(11)3-2-4-8(10)12;2*1-6-5-9(13-10-6)11-7(2)3-4-8(11)12;1-4-2-6(13-9-4)10-5(11)3-8-7(10)12/h4-6,11H,7H2,1-3H3;4-6,11H,7H2,1-3H3;3*3-7H,8H2,1-2H3;2-4,9H,5H2,1H3;9H,2-5H2,1H3;3-4,9H,2,5H2,1H3;3,6H,2H2,1H3/t;;3*11-;;;;/m..111..../s1. The molecule has 0 saturated carbocycles. The monoisotopic (exact) mass is 1690 g/mol. The van der Waals surface area contributed by atoms with Gasteiger partial charge in [0.05, 0.1) is 64.7 Å². The Bertz CT molecular complexity index is 4690. The Morgan fingerprint density at radius 3 is 1.06 bits per heavy atom. The molecule has 0 spiro atoms. The Hall–Kier alpha value is -12.1. The fourth-order valence-corrected chi connectivity index (χ4v) is 15.3. The first kappa shape index (κ1) is 91.2. The largest absolute Gasteiger partial charge is 0.496 e. The SMILES string of the molecule is C=C1C=CC(=O)N1C1CC(C)=NO1.C=C1CCC(=O)N1C1CC(C)=NO1.CC1=NOC(N2C(=O)C=NC2=O)C1.CC1=NOC(c2c(C)cccc2C)C1.CC1=NOC(c2c(Cl)cccc2Cl)C1.CC1=NO[C@@](C)(c2ccccc2)C1.CC1=NO[C@@](C)(c2ccccc2)C1.CC1=NO[C@@](C)(c2ccccc2)C1.COc1cccc(C)c1C1CC(C)=NO1. The lowest BCUT2D eigenvalue weighted by molar-refractivity contribution is -0.136. The zero-order valence-electron chi connectivity index (χ0n) is 71.5. The van der Waals surface area contributed by atoms with Crippen LogP contribution in [0.4, 0.5) is 4.79 Å². The normalized spacial score (nSPS) is 24.5. The van der Waals surface area contributed by atoms with Crippen LogP contribution in [0.3, 0.4) is 0 Å². The van der Waals surface area contributed by atoms with Gasteiger partial charge in [0.15, 0.2) is 35.1 Å². The smallest absolute Gasteiger partial charge is 0.353 e. The maximum absolute atomic E-state index is 11.4. The molecule has 0 N–H and O–H groups in total. The number of imide groups is 1. The summed E-state index contributed by atoms with van der Waals surface area (Å²) in [6.07, 6.45) is 11.3. The third-order valence-electron chi connectivity index (χ3n) is 20.8. The van der Waals surface area contributed by atoms with Gasteiger partial charge in [-0.15, -0.1) is 0 Å². The fraction of sp³-hybridized carbons (Fsp3) is 0.391. The molecule has 6 aromatic carbocycles. The first-order valence-electron chi connectivity index (χ1n) is 40.0. The predicted molar refractivity (Wildman–Crippen MR) is 471 cm³/mol. The summed E-state index contributed by atoms with van der Waals surface area (Å²) in [5.41, 5.74) is 20.2. The van der Waals surface area contributed by atoms with Gasteiger partial charge in [0.2, 0.25) is 24.6 Å². The minimum absolute atomic E-state index is 0.0150. The molecule has 0 bridgehead atoms. The molecule has 638 valence electrons. The maximum Gasteiger partial charge on any atom is 0.353 e. The van der Waals surface area contributed by atoms with Crippen molar-refractivity contribution in [3.05, 3.63) is 242 Å². The minimum Gasteiger partial charge on any atom is -0.496 e. The van der Waals surface area contributed by atoms with Gasteiger partial charge in [0, 0.05) is 108 Å². The van der Waals surface area contributed by atoms with Gasteiger partial charge in [-0.1, -0.05) is 210 Å². The number of aryl methyl sites for hydroxylation is 3. The second-order valence-corrected chi connectivity index (χ2v) is 32.3. The van der Waals surface area contributed by atoms with E-state index >= 15 is 0 Å². The molecular formula is C92H107Cl2N13O14. The van der Waals surface area contributed by atoms with Crippen molar-refractivity contribution in [2.45, 2.75) is 228 Å². The number of oxime groups is 9. The van der Waals surface area contributed by atoms with Crippen molar-refractivity contribution in [1.29, 1.82) is 0 Å². The van der Waals surface area contributed by atoms with Crippen molar-refractivity contribution >= 4 is 105 Å². The van der Waals surface area contributed by atoms with Crippen molar-refractivity contribution in [1.82, 2.24) is 14.7 Å². The summed E-state index contributed by atoms with van der Waals surface area (Å²) in [5, 5.41) is 36.3. The molecule has 1 saturated heterocycles. The second-order valence-electron chi connectivity index (χ2n) is 31.5. The fourth-order valence-electron chi connectivity index (χ4n) is 14.7. The third kappa shape index (κ3) is 24.1. The number of halogens is 2. The Balaban J connectivity index is 0.000000143. The molecule has 9 atom stereocenters. The van der Waals surface area contributed by atoms with Crippen LogP contribution in [-0.4, -0.2) is 122 Å². The summed E-state index contributed by atoms with van der Waals surface area (Å²) >= 11 is 12.1. The number of amides is 5. The number of ether oxygens (including phenoxy) is 1. The van der Waals surface area contributed by atoms with Crippen molar-refractivity contribution in [3.63, 3.8) is 0 Å². The third-order valence-corrected chi connectivity index (χ3v) is 21.5. The lowest BCUT2D eigenvalue weighted by atomic mass is 9.91. The van der Waals surface area contributed by atoms with Crippen LogP contribution in [0.1, 0.15) is 222 Å². The van der Waals surface area contributed by atoms with Gasteiger partial charge in [-0.2, -0.15) is 4.99 Å². The molecule has 12 aliphatic rings. The van der Waals surface area contributed by atoms with Gasteiger partial charge in [0.25, 0.3) is 11.8 Å². The summed E-state index contributed by atoms with van der Waals surface area (Å²) in [5.74, 6) is 0.449. The molecule has 0 radical (unpaired) electrons. The number of hydrogen-bond donors (Lipinski definition) is 0. The predicted octanol–water partition coefficient (Wildman–Crippen LogP) is 20.3. The van der Waals surface area contributed by atoms with Crippen LogP contribution in [0.2, 0.25) is 10.0 Å². The Labute approximate surface area is 717 Å². The van der Waals surface area contributed by atoms with Crippen LogP contribution >= 0.6 is 23.2 Å². The average Bonchev–Trinajstić information content (AvgIpc) is 1.67. The summed E-state index contributed by atoms with van der Waals surface area (Å²) < 4.78 is 5.34. The van der Waals surface area contributed by atoms with E-state index in [1.54, 1.807) is 37.1 Å². The van der Waals surface area contributed by atoms with E-state index in [0.717, 1.165) is 130 Å². The van der Waals surface area contributed by atoms with Crippen LogP contribution in [0.15, 0.2) is 234 Å². The molecule has 29 heteroatoms. The summed E-state index contributed by atoms with van der Waals surface area (Å²) in [6.45, 7) is 37.5. The number of methoxy groups -OCH3 is 1. The van der Waals surface area contributed by atoms with Crippen LogP contribution in [-0.2, 0) is 74.7 Å². The summed E-state index contributed by atoms with van der Waals surface area (Å²) in [4.78, 5) is 99.7. The van der Waals surface area contributed by atoms with E-state index in [1.807, 2.05) is 128 Å². The zero-order valence-corrected chi connectivity index (χ0v) is 73.0. The molecule has 5 amide bonds. The van der Waals surface area contributed by atoms with Gasteiger partial charge < -0.3 is 48.3 Å². The lowest BCUT2D eigenvalue weighted by Crippen LogP contribution is -2.40. The lowest BCUT2D eigenvalue weighted by Gasteiger charge is -2.22. The molecule has 18 rings (SSSR count). The number of urea groups is 1. The van der Waals surface area contributed by atoms with E-state index < -0.39 is 18.2 Å². The van der Waals surface area contributed by atoms with E-state index in [0.29, 0.717) is 41.4 Å². The molecule has 6 aromatic rings. The van der Waals surface area contributed by atoms with Crippen LogP contribution in [0, 0.1) is 20.8 Å². The number of likely N-dealkylation sites (tertiary alicyclic amines) is 1. The van der Waals surface area contributed by atoms with Gasteiger partial charge in [-0.3, -0.25) is 24.2 Å². The highest BCUT2D eigenvalue weighted by Gasteiger charge is 2.41. The molecule has 6 unspecified atom stereocenters. The van der Waals surface area contributed by atoms with Crippen molar-refractivity contribution in [2.75, 3.05) is 7.11 Å². The topological polar surface area (TPSA) is 294 Å². The number of hydrogen-bond acceptors (Lipinski definition) is 23. The summed E-state index contributed by atoms with van der Waals surface area (Å²) in [6, 6.07) is 47.8. The molecule has 12 aliphatic heterocycles. The Morgan fingerprint density at radius 2 is 0.736 bits per heavy atom. The van der Waals surface area contributed by atoms with Crippen LogP contribution in [0.5, 0.6) is 5.75 Å². The summed E-state index contributed by atoms with van der Waals surface area (Å²) in [7, 11) is 1.68. The molecule has 0 aromatic heterocycles. The minimum atomic E-state index is -0.609. The highest BCUT2D eigenvalue weighted by Crippen LogP contribution is 2.41. The molecule has 27 nitrogen and oxygen atoms in total. The number of aliphatic imine (C=N–C) groups is 1. The quantitative estimate of drug-likeness (QED) is 0.123. The van der Waals surface area contributed by atoms with Gasteiger partial charge in [0.1, 0.15) is 5.75 Å². The van der Waals surface area contributed by atoms with Crippen molar-refractivity contribution in [3.8, 4) is 5.75 Å². The number of carbonyl (C=O) groups excluding carboxylic acids is 4. The van der Waals surface area contributed by atoms with Crippen LogP contribution < -0.4 is 4.74 Å².